The average Bonchev–Trinajstić information content (AvgIpc) is 2.83. The molecule has 25 heavy (non-hydrogen) atoms. The van der Waals surface area contributed by atoms with Crippen molar-refractivity contribution in [1.82, 2.24) is 4.72 Å². The van der Waals surface area contributed by atoms with E-state index in [0.717, 1.165) is 0 Å². The molecule has 8 heteroatoms. The van der Waals surface area contributed by atoms with Gasteiger partial charge in [-0.3, -0.25) is 14.5 Å². The Morgan fingerprint density at radius 1 is 1.12 bits per heavy atom. The molecule has 2 aromatic carbocycles. The summed E-state index contributed by atoms with van der Waals surface area (Å²) in [6.07, 6.45) is 0. The van der Waals surface area contributed by atoms with Crippen LogP contribution in [0.25, 0.3) is 11.3 Å². The van der Waals surface area contributed by atoms with Gasteiger partial charge in [0.15, 0.2) is 0 Å². The number of nitrogens with one attached hydrogen (secondary N) is 1. The van der Waals surface area contributed by atoms with Crippen LogP contribution in [0.3, 0.4) is 0 Å². The van der Waals surface area contributed by atoms with E-state index in [2.05, 4.69) is 9.71 Å². The lowest BCUT2D eigenvalue weighted by molar-refractivity contribution is 0.106. The smallest absolute Gasteiger partial charge is 0.262 e. The van der Waals surface area contributed by atoms with Gasteiger partial charge >= 0.3 is 0 Å². The number of hydrogen-bond donors (Lipinski definition) is 2. The van der Waals surface area contributed by atoms with Gasteiger partial charge in [0.2, 0.25) is 5.78 Å². The van der Waals surface area contributed by atoms with E-state index in [1.165, 1.54) is 13.1 Å². The number of sulfonamides is 1. The van der Waals surface area contributed by atoms with Gasteiger partial charge in [-0.15, -0.1) is 12.4 Å². The molecule has 0 aromatic heterocycles. The van der Waals surface area contributed by atoms with Gasteiger partial charge in [0.25, 0.3) is 10.0 Å². The third kappa shape index (κ3) is 2.35. The summed E-state index contributed by atoms with van der Waals surface area (Å²) in [6, 6.07) is 11.6. The van der Waals surface area contributed by atoms with Crippen LogP contribution in [0, 0.1) is 0 Å². The van der Waals surface area contributed by atoms with Crippen molar-refractivity contribution >= 4 is 50.9 Å². The van der Waals surface area contributed by atoms with Crippen LogP contribution in [-0.4, -0.2) is 27.0 Å². The van der Waals surface area contributed by atoms with E-state index in [-0.39, 0.29) is 28.8 Å². The first kappa shape index (κ1) is 17.2. The zero-order chi connectivity index (χ0) is 17.1. The molecule has 0 atom stereocenters. The number of anilines is 1. The Morgan fingerprint density at radius 3 is 2.52 bits per heavy atom. The number of benzene rings is 2. The Hall–Kier alpha value is -2.64. The number of carbonyl (C=O) groups excluding carboxylic acids is 1. The molecule has 128 valence electrons. The van der Waals surface area contributed by atoms with Gasteiger partial charge in [-0.05, 0) is 23.8 Å². The summed E-state index contributed by atoms with van der Waals surface area (Å²) in [6.45, 7) is 0. The van der Waals surface area contributed by atoms with Crippen LogP contribution in [0.1, 0.15) is 21.5 Å². The largest absolute Gasteiger partial charge is 0.399 e. The Kier molecular flexibility index (Phi) is 3.93. The lowest BCUT2D eigenvalue weighted by atomic mass is 9.83. The summed E-state index contributed by atoms with van der Waals surface area (Å²) < 4.78 is 27.4. The highest BCUT2D eigenvalue weighted by Gasteiger charge is 2.41. The van der Waals surface area contributed by atoms with E-state index in [9.17, 15) is 13.2 Å². The molecule has 0 fully saturated rings. The standard InChI is InChI=1S/C17H13N3O3S.ClH/c1-19-16-13(9-4-2-5-10(18)8-9)15-14-11(17(16)21)6-3-7-12(14)24(22,23)20-15;/h2-8,20H,18H2,1H3;1H. The molecule has 0 bridgehead atoms. The van der Waals surface area contributed by atoms with E-state index in [0.29, 0.717) is 33.6 Å². The Bertz CT molecular complexity index is 1090. The fourth-order valence-corrected chi connectivity index (χ4v) is 4.49. The van der Waals surface area contributed by atoms with Crippen LogP contribution < -0.4 is 10.5 Å². The Balaban J connectivity index is 0.00000182. The maximum Gasteiger partial charge on any atom is 0.262 e. The number of rotatable bonds is 1. The number of halogens is 1. The maximum atomic E-state index is 12.8. The minimum atomic E-state index is -3.70. The zero-order valence-electron chi connectivity index (χ0n) is 13.1. The third-order valence-corrected chi connectivity index (χ3v) is 5.54. The molecule has 6 nitrogen and oxygen atoms in total. The highest BCUT2D eigenvalue weighted by atomic mass is 35.5. The molecule has 0 unspecified atom stereocenters. The molecule has 1 heterocycles. The van der Waals surface area contributed by atoms with E-state index in [1.807, 2.05) is 0 Å². The molecular formula is C17H14ClN3O3S. The molecule has 0 spiro atoms. The second-order valence-electron chi connectivity index (χ2n) is 5.56. The minimum absolute atomic E-state index is 0. The van der Waals surface area contributed by atoms with Gasteiger partial charge in [-0.25, -0.2) is 8.42 Å². The number of carbonyl (C=O) groups is 1. The second-order valence-corrected chi connectivity index (χ2v) is 7.21. The number of aliphatic imine (C=N–C) groups is 1. The Morgan fingerprint density at radius 2 is 1.84 bits per heavy atom. The molecule has 0 amide bonds. The molecule has 2 aromatic rings. The fourth-order valence-electron chi connectivity index (χ4n) is 3.17. The third-order valence-electron chi connectivity index (χ3n) is 4.15. The molecule has 0 saturated heterocycles. The minimum Gasteiger partial charge on any atom is -0.399 e. The Labute approximate surface area is 150 Å². The fraction of sp³-hybridized carbons (Fsp3) is 0.0588. The van der Waals surface area contributed by atoms with Crippen molar-refractivity contribution < 1.29 is 13.2 Å². The lowest BCUT2D eigenvalue weighted by Gasteiger charge is -2.20. The monoisotopic (exact) mass is 375 g/mol. The van der Waals surface area contributed by atoms with Gasteiger partial charge in [0.05, 0.1) is 10.6 Å². The van der Waals surface area contributed by atoms with Gasteiger partial charge in [0, 0.05) is 29.4 Å². The summed E-state index contributed by atoms with van der Waals surface area (Å²) in [7, 11) is -2.19. The second kappa shape index (κ2) is 5.72. The summed E-state index contributed by atoms with van der Waals surface area (Å²) in [5.41, 5.74) is 8.80. The summed E-state index contributed by atoms with van der Waals surface area (Å²) in [5.74, 6) is -0.297. The molecule has 1 aliphatic carbocycles. The number of nitrogens with two attached hydrogens (primary N) is 1. The van der Waals surface area contributed by atoms with Crippen molar-refractivity contribution in [1.29, 1.82) is 0 Å². The first-order chi connectivity index (χ1) is 11.4. The van der Waals surface area contributed by atoms with Crippen LogP contribution in [0.2, 0.25) is 0 Å². The average molecular weight is 376 g/mol. The van der Waals surface area contributed by atoms with Crippen molar-refractivity contribution in [2.45, 2.75) is 4.90 Å². The summed E-state index contributed by atoms with van der Waals surface area (Å²) in [5, 5.41) is 0. The number of hydrogen-bond acceptors (Lipinski definition) is 5. The molecule has 2 aliphatic rings. The number of Topliss-reactive ketones (excluding diaryl/α,β-unsaturated/α-hetero) is 1. The van der Waals surface area contributed by atoms with Crippen LogP contribution >= 0.6 is 12.4 Å². The first-order valence-electron chi connectivity index (χ1n) is 7.22. The number of nitrogens with zero attached hydrogens (tertiary/aromatic N) is 1. The SMILES string of the molecule is CN=C1C(=O)c2cccc3c2C(=C1c1cccc(N)c1)NS3(=O)=O.Cl. The zero-order valence-corrected chi connectivity index (χ0v) is 14.7. The van der Waals surface area contributed by atoms with Crippen molar-refractivity contribution in [3.63, 3.8) is 0 Å². The molecule has 4 rings (SSSR count). The molecule has 3 N–H and O–H groups in total. The predicted octanol–water partition coefficient (Wildman–Crippen LogP) is 2.12. The van der Waals surface area contributed by atoms with Crippen molar-refractivity contribution in [2.75, 3.05) is 12.8 Å². The van der Waals surface area contributed by atoms with Gasteiger partial charge in [0.1, 0.15) is 5.71 Å². The van der Waals surface area contributed by atoms with Crippen molar-refractivity contribution in [3.05, 3.63) is 59.2 Å². The van der Waals surface area contributed by atoms with Crippen LogP contribution in [0.15, 0.2) is 52.4 Å². The molecule has 0 saturated carbocycles. The van der Waals surface area contributed by atoms with Gasteiger partial charge in [-0.2, -0.15) is 0 Å². The van der Waals surface area contributed by atoms with E-state index in [1.54, 1.807) is 36.4 Å². The summed E-state index contributed by atoms with van der Waals surface area (Å²) >= 11 is 0. The van der Waals surface area contributed by atoms with Crippen molar-refractivity contribution in [2.24, 2.45) is 4.99 Å². The van der Waals surface area contributed by atoms with Crippen LogP contribution in [0.5, 0.6) is 0 Å². The van der Waals surface area contributed by atoms with E-state index in [4.69, 9.17) is 5.73 Å². The molecule has 0 radical (unpaired) electrons. The number of allylic oxidation sites excluding steroid dienone is 1. The van der Waals surface area contributed by atoms with E-state index >= 15 is 0 Å². The maximum absolute atomic E-state index is 12.8. The number of nitrogen functional groups attached to an aromatic ring is 1. The lowest BCUT2D eigenvalue weighted by Crippen LogP contribution is -2.25. The quantitative estimate of drug-likeness (QED) is 0.745. The topological polar surface area (TPSA) is 102 Å². The normalized spacial score (nSPS) is 18.6. The number of ketones is 1. The predicted molar refractivity (Wildman–Crippen MR) is 99.4 cm³/mol. The molecule has 1 aliphatic heterocycles. The molecular weight excluding hydrogens is 362 g/mol. The highest BCUT2D eigenvalue weighted by molar-refractivity contribution is 7.90. The van der Waals surface area contributed by atoms with Crippen molar-refractivity contribution in [3.8, 4) is 0 Å². The highest BCUT2D eigenvalue weighted by Crippen LogP contribution is 2.42. The van der Waals surface area contributed by atoms with Gasteiger partial charge in [-0.1, -0.05) is 24.3 Å². The van der Waals surface area contributed by atoms with Crippen LogP contribution in [-0.2, 0) is 10.0 Å². The van der Waals surface area contributed by atoms with Gasteiger partial charge < -0.3 is 5.73 Å². The van der Waals surface area contributed by atoms with E-state index < -0.39 is 10.0 Å². The first-order valence-corrected chi connectivity index (χ1v) is 8.70. The summed E-state index contributed by atoms with van der Waals surface area (Å²) in [4.78, 5) is 17.1. The van der Waals surface area contributed by atoms with Crippen LogP contribution in [0.4, 0.5) is 5.69 Å².